The molecule has 1 aromatic heterocycles. The molecule has 0 aliphatic carbocycles. The number of anilines is 2. The summed E-state index contributed by atoms with van der Waals surface area (Å²) in [5.74, 6) is 0.981. The van der Waals surface area contributed by atoms with Gasteiger partial charge in [0.2, 0.25) is 5.91 Å². The van der Waals surface area contributed by atoms with Gasteiger partial charge in [-0.3, -0.25) is 14.3 Å². The molecule has 0 saturated carbocycles. The molecule has 1 aliphatic rings. The van der Waals surface area contributed by atoms with Gasteiger partial charge in [-0.2, -0.15) is 0 Å². The summed E-state index contributed by atoms with van der Waals surface area (Å²) in [6, 6.07) is 13.7. The van der Waals surface area contributed by atoms with Crippen molar-refractivity contribution >= 4 is 40.1 Å². The summed E-state index contributed by atoms with van der Waals surface area (Å²) in [4.78, 5) is 31.2. The van der Waals surface area contributed by atoms with Crippen molar-refractivity contribution in [1.29, 1.82) is 0 Å². The van der Waals surface area contributed by atoms with Crippen molar-refractivity contribution in [3.05, 3.63) is 52.9 Å². The lowest BCUT2D eigenvalue weighted by molar-refractivity contribution is -0.117. The van der Waals surface area contributed by atoms with Crippen LogP contribution in [0.5, 0.6) is 0 Å². The molecule has 1 aliphatic heterocycles. The minimum Gasteiger partial charge on any atom is -0.397 e. The van der Waals surface area contributed by atoms with E-state index in [2.05, 4.69) is 22.1 Å². The number of hydrogen-bond donors (Lipinski definition) is 3. The Morgan fingerprint density at radius 1 is 1.23 bits per heavy atom. The van der Waals surface area contributed by atoms with E-state index in [0.717, 1.165) is 54.0 Å². The van der Waals surface area contributed by atoms with E-state index in [-0.39, 0.29) is 17.6 Å². The predicted octanol–water partition coefficient (Wildman–Crippen LogP) is 3.69. The van der Waals surface area contributed by atoms with E-state index in [1.54, 1.807) is 11.8 Å². The van der Waals surface area contributed by atoms with Crippen molar-refractivity contribution in [3.8, 4) is 0 Å². The molecule has 4 N–H and O–H groups in total. The maximum Gasteiger partial charge on any atom is 0.326 e. The smallest absolute Gasteiger partial charge is 0.326 e. The molecule has 0 bridgehead atoms. The minimum absolute atomic E-state index is 0.0617. The second-order valence-corrected chi connectivity index (χ2v) is 9.14. The number of likely N-dealkylation sites (tertiary alicyclic amines) is 1. The Labute approximate surface area is 186 Å². The van der Waals surface area contributed by atoms with Crippen molar-refractivity contribution in [2.45, 2.75) is 37.1 Å². The van der Waals surface area contributed by atoms with Gasteiger partial charge >= 0.3 is 5.69 Å². The summed E-state index contributed by atoms with van der Waals surface area (Å²) in [5, 5.41) is 2.94. The molecule has 1 fully saturated rings. The summed E-state index contributed by atoms with van der Waals surface area (Å²) in [7, 11) is 0. The summed E-state index contributed by atoms with van der Waals surface area (Å²) in [6.45, 7) is 4.01. The molecule has 3 aromatic rings. The van der Waals surface area contributed by atoms with Gasteiger partial charge < -0.3 is 16.0 Å². The van der Waals surface area contributed by atoms with Crippen molar-refractivity contribution in [1.82, 2.24) is 14.5 Å². The van der Waals surface area contributed by atoms with E-state index in [0.29, 0.717) is 17.9 Å². The Morgan fingerprint density at radius 3 is 2.74 bits per heavy atom. The number of hydrogen-bond acceptors (Lipinski definition) is 5. The monoisotopic (exact) mass is 439 g/mol. The highest BCUT2D eigenvalue weighted by Crippen LogP contribution is 2.27. The topological polar surface area (TPSA) is 96.1 Å². The van der Waals surface area contributed by atoms with E-state index in [1.807, 2.05) is 47.0 Å². The molecule has 0 spiro atoms. The van der Waals surface area contributed by atoms with Gasteiger partial charge in [-0.25, -0.2) is 4.79 Å². The first kappa shape index (κ1) is 21.5. The van der Waals surface area contributed by atoms with Crippen LogP contribution in [0.3, 0.4) is 0 Å². The molecule has 0 unspecified atom stereocenters. The lowest BCUT2D eigenvalue weighted by atomic mass is 10.0. The van der Waals surface area contributed by atoms with Crippen LogP contribution in [0.15, 0.2) is 52.2 Å². The van der Waals surface area contributed by atoms with Gasteiger partial charge in [-0.05, 0) is 55.3 Å². The number of carbonyl (C=O) groups excluding carboxylic acids is 1. The molecule has 0 radical (unpaired) electrons. The maximum absolute atomic E-state index is 12.6. The first-order chi connectivity index (χ1) is 15.0. The van der Waals surface area contributed by atoms with Crippen molar-refractivity contribution in [2.24, 2.45) is 0 Å². The number of nitrogen functional groups attached to an aromatic ring is 1. The fourth-order valence-electron chi connectivity index (χ4n) is 4.13. The molecular formula is C23H29N5O2S. The zero-order valence-corrected chi connectivity index (χ0v) is 18.6. The molecule has 31 heavy (non-hydrogen) atoms. The van der Waals surface area contributed by atoms with Crippen LogP contribution in [-0.2, 0) is 4.79 Å². The molecule has 8 heteroatoms. The zero-order chi connectivity index (χ0) is 21.8. The summed E-state index contributed by atoms with van der Waals surface area (Å²) in [5.41, 5.74) is 9.13. The van der Waals surface area contributed by atoms with E-state index in [4.69, 9.17) is 5.73 Å². The quantitative estimate of drug-likeness (QED) is 0.385. The van der Waals surface area contributed by atoms with Crippen LogP contribution in [0.2, 0.25) is 0 Å². The average Bonchev–Trinajstić information content (AvgIpc) is 3.10. The number of H-pyrrole nitrogens is 1. The molecule has 2 aromatic carbocycles. The number of nitrogens with one attached hydrogen (secondary N) is 2. The largest absolute Gasteiger partial charge is 0.397 e. The number of aromatic amines is 1. The van der Waals surface area contributed by atoms with Crippen LogP contribution in [0.25, 0.3) is 11.0 Å². The normalized spacial score (nSPS) is 15.4. The number of aromatic nitrogens is 2. The molecular weight excluding hydrogens is 410 g/mol. The molecule has 164 valence electrons. The first-order valence-corrected chi connectivity index (χ1v) is 11.8. The van der Waals surface area contributed by atoms with Gasteiger partial charge in [-0.1, -0.05) is 19.1 Å². The third-order valence-corrected chi connectivity index (χ3v) is 6.88. The second-order valence-electron chi connectivity index (χ2n) is 7.97. The Hall–Kier alpha value is -2.71. The van der Waals surface area contributed by atoms with E-state index < -0.39 is 0 Å². The number of benzene rings is 2. The molecule has 2 heterocycles. The Morgan fingerprint density at radius 2 is 2.00 bits per heavy atom. The summed E-state index contributed by atoms with van der Waals surface area (Å²) >= 11 is 1.76. The van der Waals surface area contributed by atoms with Gasteiger partial charge in [0.05, 0.1) is 29.0 Å². The third kappa shape index (κ3) is 4.97. The van der Waals surface area contributed by atoms with Crippen LogP contribution < -0.4 is 16.7 Å². The summed E-state index contributed by atoms with van der Waals surface area (Å²) in [6.07, 6.45) is 2.77. The number of fused-ring (bicyclic) bond motifs is 1. The predicted molar refractivity (Wildman–Crippen MR) is 128 cm³/mol. The number of piperidine rings is 1. The minimum atomic E-state index is -0.0663. The fourth-order valence-corrected chi connectivity index (χ4v) is 4.94. The lowest BCUT2D eigenvalue weighted by Gasteiger charge is -2.32. The maximum atomic E-state index is 12.6. The van der Waals surface area contributed by atoms with Gasteiger partial charge in [0.15, 0.2) is 0 Å². The van der Waals surface area contributed by atoms with Crippen LogP contribution in [0.1, 0.15) is 32.2 Å². The van der Waals surface area contributed by atoms with Crippen LogP contribution in [-0.4, -0.2) is 45.7 Å². The highest BCUT2D eigenvalue weighted by molar-refractivity contribution is 7.99. The fraction of sp³-hybridized carbons (Fsp3) is 0.391. The van der Waals surface area contributed by atoms with Crippen LogP contribution in [0, 0.1) is 0 Å². The van der Waals surface area contributed by atoms with Gasteiger partial charge in [0, 0.05) is 24.0 Å². The number of imidazole rings is 1. The van der Waals surface area contributed by atoms with Crippen LogP contribution >= 0.6 is 11.8 Å². The molecule has 4 rings (SSSR count). The molecule has 0 atom stereocenters. The Bertz CT molecular complexity index is 1110. The van der Waals surface area contributed by atoms with E-state index >= 15 is 0 Å². The van der Waals surface area contributed by atoms with Crippen molar-refractivity contribution in [3.63, 3.8) is 0 Å². The number of thioether (sulfide) groups is 1. The number of rotatable bonds is 7. The zero-order valence-electron chi connectivity index (χ0n) is 17.8. The summed E-state index contributed by atoms with van der Waals surface area (Å²) < 4.78 is 1.87. The van der Waals surface area contributed by atoms with Gasteiger partial charge in [-0.15, -0.1) is 11.8 Å². The highest BCUT2D eigenvalue weighted by atomic mass is 32.2. The third-order valence-electron chi connectivity index (χ3n) is 5.68. The standard InChI is InChI=1S/C23H29N5O2S/c1-2-13-31-17-7-8-19(18(24)14-17)25-22(29)15-27-11-9-16(10-12-27)28-21-6-4-3-5-20(21)26-23(28)30/h3-8,14,16H,2,9-13,15,24H2,1H3,(H,25,29)(H,26,30). The van der Waals surface area contributed by atoms with E-state index in [9.17, 15) is 9.59 Å². The number of nitrogens with two attached hydrogens (primary N) is 1. The number of amides is 1. The average molecular weight is 440 g/mol. The Kier molecular flexibility index (Phi) is 6.67. The van der Waals surface area contributed by atoms with Crippen molar-refractivity contribution in [2.75, 3.05) is 36.4 Å². The molecule has 1 amide bonds. The molecule has 7 nitrogen and oxygen atoms in total. The first-order valence-electron chi connectivity index (χ1n) is 10.8. The van der Waals surface area contributed by atoms with Gasteiger partial charge in [0.1, 0.15) is 0 Å². The lowest BCUT2D eigenvalue weighted by Crippen LogP contribution is -2.41. The van der Waals surface area contributed by atoms with Crippen LogP contribution in [0.4, 0.5) is 11.4 Å². The number of para-hydroxylation sites is 2. The highest BCUT2D eigenvalue weighted by Gasteiger charge is 2.24. The SMILES string of the molecule is CCCSc1ccc(NC(=O)CN2CCC(n3c(=O)[nH]c4ccccc43)CC2)c(N)c1. The van der Waals surface area contributed by atoms with Gasteiger partial charge in [0.25, 0.3) is 0 Å². The number of carbonyl (C=O) groups is 1. The second kappa shape index (κ2) is 9.62. The number of nitrogens with zero attached hydrogens (tertiary/aromatic N) is 2. The molecule has 1 saturated heterocycles. The Balaban J connectivity index is 1.32. The van der Waals surface area contributed by atoms with Crippen molar-refractivity contribution < 1.29 is 4.79 Å². The van der Waals surface area contributed by atoms with E-state index in [1.165, 1.54) is 0 Å².